The van der Waals surface area contributed by atoms with Gasteiger partial charge in [0, 0.05) is 12.6 Å². The Labute approximate surface area is 70.0 Å². The Morgan fingerprint density at radius 1 is 1.50 bits per heavy atom. The van der Waals surface area contributed by atoms with Crippen LogP contribution < -0.4 is 5.73 Å². The van der Waals surface area contributed by atoms with Crippen LogP contribution in [-0.4, -0.2) is 14.6 Å². The van der Waals surface area contributed by atoms with Crippen molar-refractivity contribution in [1.82, 2.24) is 14.6 Å². The van der Waals surface area contributed by atoms with Crippen LogP contribution in [-0.2, 0) is 6.42 Å². The van der Waals surface area contributed by atoms with Crippen molar-refractivity contribution >= 4 is 11.3 Å². The van der Waals surface area contributed by atoms with Gasteiger partial charge in [-0.2, -0.15) is 0 Å². The normalized spacial score (nSPS) is 10.8. The first-order valence-electron chi connectivity index (χ1n) is 3.91. The highest BCUT2D eigenvalue weighted by molar-refractivity contribution is 5.63. The smallest absolute Gasteiger partial charge is 0.183 e. The van der Waals surface area contributed by atoms with E-state index in [0.29, 0.717) is 5.69 Å². The van der Waals surface area contributed by atoms with Crippen LogP contribution in [0.1, 0.15) is 12.7 Å². The lowest BCUT2D eigenvalue weighted by Gasteiger charge is -1.96. The molecule has 2 N–H and O–H groups in total. The number of nitrogens with zero attached hydrogens (tertiary/aromatic N) is 3. The summed E-state index contributed by atoms with van der Waals surface area (Å²) in [6, 6.07) is 3.72. The molecule has 2 aromatic rings. The molecule has 0 atom stereocenters. The molecular formula is C8H10N4. The lowest BCUT2D eigenvalue weighted by atomic mass is 10.4. The summed E-state index contributed by atoms with van der Waals surface area (Å²) in [5.41, 5.74) is 7.12. The summed E-state index contributed by atoms with van der Waals surface area (Å²) in [5, 5.41) is 7.98. The van der Waals surface area contributed by atoms with Crippen molar-refractivity contribution in [1.29, 1.82) is 0 Å². The number of anilines is 1. The van der Waals surface area contributed by atoms with E-state index in [1.54, 1.807) is 0 Å². The van der Waals surface area contributed by atoms with Gasteiger partial charge < -0.3 is 5.73 Å². The van der Waals surface area contributed by atoms with Gasteiger partial charge in [0.1, 0.15) is 5.82 Å². The zero-order valence-electron chi connectivity index (χ0n) is 6.86. The molecule has 12 heavy (non-hydrogen) atoms. The fraction of sp³-hybridized carbons (Fsp3) is 0.250. The number of aryl methyl sites for hydroxylation is 1. The molecule has 0 bridgehead atoms. The van der Waals surface area contributed by atoms with Crippen LogP contribution in [0.15, 0.2) is 18.3 Å². The monoisotopic (exact) mass is 162 g/mol. The second-order valence-electron chi connectivity index (χ2n) is 2.63. The Hall–Kier alpha value is -1.58. The Morgan fingerprint density at radius 3 is 3.08 bits per heavy atom. The average Bonchev–Trinajstić information content (AvgIpc) is 2.49. The maximum Gasteiger partial charge on any atom is 0.183 e. The molecule has 2 rings (SSSR count). The van der Waals surface area contributed by atoms with E-state index in [4.69, 9.17) is 5.73 Å². The van der Waals surface area contributed by atoms with Crippen molar-refractivity contribution in [3.63, 3.8) is 0 Å². The van der Waals surface area contributed by atoms with E-state index in [1.165, 1.54) is 0 Å². The van der Waals surface area contributed by atoms with Gasteiger partial charge in [0.25, 0.3) is 0 Å². The number of aromatic nitrogens is 3. The molecule has 0 fully saturated rings. The van der Waals surface area contributed by atoms with Crippen molar-refractivity contribution in [3.05, 3.63) is 24.2 Å². The largest absolute Gasteiger partial charge is 0.396 e. The number of hydrogen-bond donors (Lipinski definition) is 1. The number of rotatable bonds is 1. The van der Waals surface area contributed by atoms with E-state index in [1.807, 2.05) is 29.7 Å². The molecule has 2 aromatic heterocycles. The van der Waals surface area contributed by atoms with Gasteiger partial charge in [-0.3, -0.25) is 4.40 Å². The van der Waals surface area contributed by atoms with Crippen LogP contribution in [0.2, 0.25) is 0 Å². The summed E-state index contributed by atoms with van der Waals surface area (Å²) in [5.74, 6) is 0.942. The van der Waals surface area contributed by atoms with Crippen LogP contribution >= 0.6 is 0 Å². The first kappa shape index (κ1) is 7.09. The molecule has 0 aliphatic heterocycles. The Kier molecular flexibility index (Phi) is 1.46. The van der Waals surface area contributed by atoms with Crippen molar-refractivity contribution in [2.45, 2.75) is 13.3 Å². The molecule has 0 amide bonds. The lowest BCUT2D eigenvalue weighted by Crippen LogP contribution is -1.94. The molecule has 2 heterocycles. The molecule has 0 unspecified atom stereocenters. The molecular weight excluding hydrogens is 152 g/mol. The first-order chi connectivity index (χ1) is 5.83. The third-order valence-electron chi connectivity index (χ3n) is 1.85. The molecule has 4 heteroatoms. The summed E-state index contributed by atoms with van der Waals surface area (Å²) in [6.45, 7) is 2.04. The van der Waals surface area contributed by atoms with Crippen LogP contribution in [0.5, 0.6) is 0 Å². The molecule has 0 saturated carbocycles. The molecule has 0 spiro atoms. The van der Waals surface area contributed by atoms with Gasteiger partial charge in [-0.1, -0.05) is 6.92 Å². The van der Waals surface area contributed by atoms with E-state index in [9.17, 15) is 0 Å². The Morgan fingerprint density at radius 2 is 2.33 bits per heavy atom. The van der Waals surface area contributed by atoms with Gasteiger partial charge in [0.2, 0.25) is 0 Å². The molecule has 0 aliphatic carbocycles. The van der Waals surface area contributed by atoms with Crippen LogP contribution in [0, 0.1) is 0 Å². The number of nitrogen functional groups attached to an aromatic ring is 1. The zero-order chi connectivity index (χ0) is 8.55. The molecule has 0 saturated heterocycles. The molecule has 62 valence electrons. The van der Waals surface area contributed by atoms with Crippen molar-refractivity contribution < 1.29 is 0 Å². The van der Waals surface area contributed by atoms with Crippen LogP contribution in [0.3, 0.4) is 0 Å². The highest BCUT2D eigenvalue weighted by Crippen LogP contribution is 2.11. The van der Waals surface area contributed by atoms with Crippen molar-refractivity contribution in [2.75, 3.05) is 5.73 Å². The van der Waals surface area contributed by atoms with Gasteiger partial charge in [-0.05, 0) is 12.1 Å². The number of nitrogens with two attached hydrogens (primary N) is 1. The average molecular weight is 162 g/mol. The van der Waals surface area contributed by atoms with Crippen molar-refractivity contribution in [3.8, 4) is 0 Å². The Balaban J connectivity index is 2.80. The van der Waals surface area contributed by atoms with Gasteiger partial charge >= 0.3 is 0 Å². The van der Waals surface area contributed by atoms with Crippen LogP contribution in [0.4, 0.5) is 5.69 Å². The second-order valence-corrected chi connectivity index (χ2v) is 2.63. The fourth-order valence-corrected chi connectivity index (χ4v) is 1.23. The zero-order valence-corrected chi connectivity index (χ0v) is 6.86. The molecule has 0 aliphatic rings. The van der Waals surface area contributed by atoms with Crippen LogP contribution in [0.25, 0.3) is 5.65 Å². The minimum Gasteiger partial charge on any atom is -0.396 e. The summed E-state index contributed by atoms with van der Waals surface area (Å²) < 4.78 is 1.91. The van der Waals surface area contributed by atoms with Gasteiger partial charge in [0.05, 0.1) is 5.69 Å². The molecule has 0 radical (unpaired) electrons. The summed E-state index contributed by atoms with van der Waals surface area (Å²) in [4.78, 5) is 0. The number of fused-ring (bicyclic) bond motifs is 1. The topological polar surface area (TPSA) is 56.2 Å². The quantitative estimate of drug-likeness (QED) is 0.677. The lowest BCUT2D eigenvalue weighted by molar-refractivity contribution is 0.909. The highest BCUT2D eigenvalue weighted by Gasteiger charge is 2.03. The van der Waals surface area contributed by atoms with E-state index < -0.39 is 0 Å². The second kappa shape index (κ2) is 2.48. The summed E-state index contributed by atoms with van der Waals surface area (Å²) >= 11 is 0. The predicted octanol–water partition coefficient (Wildman–Crippen LogP) is 0.874. The van der Waals surface area contributed by atoms with E-state index in [0.717, 1.165) is 17.9 Å². The van der Waals surface area contributed by atoms with Crippen molar-refractivity contribution in [2.24, 2.45) is 0 Å². The van der Waals surface area contributed by atoms with Gasteiger partial charge in [-0.15, -0.1) is 10.2 Å². The minimum absolute atomic E-state index is 0.671. The third-order valence-corrected chi connectivity index (χ3v) is 1.85. The first-order valence-corrected chi connectivity index (χ1v) is 3.91. The maximum absolute atomic E-state index is 5.70. The Bertz CT molecular complexity index is 404. The molecule has 4 nitrogen and oxygen atoms in total. The van der Waals surface area contributed by atoms with Gasteiger partial charge in [0.15, 0.2) is 5.65 Å². The van der Waals surface area contributed by atoms with E-state index in [2.05, 4.69) is 10.2 Å². The third kappa shape index (κ3) is 0.845. The number of hydrogen-bond acceptors (Lipinski definition) is 3. The standard InChI is InChI=1S/C8H10N4/c1-2-7-10-11-8-6(9)4-3-5-12(7)8/h3-5H,2,9H2,1H3. The summed E-state index contributed by atoms with van der Waals surface area (Å²) in [7, 11) is 0. The molecule has 0 aromatic carbocycles. The highest BCUT2D eigenvalue weighted by atomic mass is 15.2. The van der Waals surface area contributed by atoms with E-state index in [-0.39, 0.29) is 0 Å². The SMILES string of the molecule is CCc1nnc2c(N)cccn12. The summed E-state index contributed by atoms with van der Waals surface area (Å²) in [6.07, 6.45) is 2.79. The number of pyridine rings is 1. The van der Waals surface area contributed by atoms with Gasteiger partial charge in [-0.25, -0.2) is 0 Å². The minimum atomic E-state index is 0.671. The fourth-order valence-electron chi connectivity index (χ4n) is 1.23. The predicted molar refractivity (Wildman–Crippen MR) is 46.8 cm³/mol. The van der Waals surface area contributed by atoms with E-state index >= 15 is 0 Å². The maximum atomic E-state index is 5.70.